The maximum atomic E-state index is 5.89. The molecule has 0 aliphatic heterocycles. The molecule has 0 aliphatic rings. The second-order valence-corrected chi connectivity index (χ2v) is 4.17. The molecule has 0 atom stereocenters. The summed E-state index contributed by atoms with van der Waals surface area (Å²) < 4.78 is 0. The third-order valence-electron chi connectivity index (χ3n) is 2.33. The summed E-state index contributed by atoms with van der Waals surface area (Å²) in [5.74, 6) is 1.12. The molecule has 3 N–H and O–H groups in total. The Hall–Kier alpha value is -1.81. The SMILES string of the molecule is Cc1ccc(Nc2nc(C)nc(Cl)c2N)cc1. The van der Waals surface area contributed by atoms with Crippen molar-refractivity contribution in [1.82, 2.24) is 9.97 Å². The maximum Gasteiger partial charge on any atom is 0.158 e. The van der Waals surface area contributed by atoms with E-state index in [-0.39, 0.29) is 5.15 Å². The first-order valence-electron chi connectivity index (χ1n) is 5.19. The average molecular weight is 249 g/mol. The highest BCUT2D eigenvalue weighted by Crippen LogP contribution is 2.26. The van der Waals surface area contributed by atoms with Gasteiger partial charge in [-0.1, -0.05) is 29.3 Å². The number of nitrogens with zero attached hydrogens (tertiary/aromatic N) is 2. The lowest BCUT2D eigenvalue weighted by molar-refractivity contribution is 1.06. The number of benzene rings is 1. The molecule has 88 valence electrons. The second-order valence-electron chi connectivity index (χ2n) is 3.81. The molecule has 0 unspecified atom stereocenters. The molecule has 0 spiro atoms. The monoisotopic (exact) mass is 248 g/mol. The minimum Gasteiger partial charge on any atom is -0.393 e. The molecular formula is C12H13ClN4. The van der Waals surface area contributed by atoms with Crippen LogP contribution in [-0.2, 0) is 0 Å². The molecule has 1 heterocycles. The van der Waals surface area contributed by atoms with Crippen molar-refractivity contribution in [3.8, 4) is 0 Å². The second kappa shape index (κ2) is 4.59. The van der Waals surface area contributed by atoms with Crippen LogP contribution in [0.25, 0.3) is 0 Å². The number of aromatic nitrogens is 2. The fourth-order valence-corrected chi connectivity index (χ4v) is 1.63. The largest absolute Gasteiger partial charge is 0.393 e. The van der Waals surface area contributed by atoms with Crippen molar-refractivity contribution in [2.45, 2.75) is 13.8 Å². The van der Waals surface area contributed by atoms with Crippen molar-refractivity contribution < 1.29 is 0 Å². The van der Waals surface area contributed by atoms with Crippen LogP contribution < -0.4 is 11.1 Å². The topological polar surface area (TPSA) is 63.8 Å². The summed E-state index contributed by atoms with van der Waals surface area (Å²) >= 11 is 5.89. The van der Waals surface area contributed by atoms with Gasteiger partial charge in [0.1, 0.15) is 11.5 Å². The Morgan fingerprint density at radius 1 is 1.12 bits per heavy atom. The van der Waals surface area contributed by atoms with E-state index in [1.54, 1.807) is 6.92 Å². The summed E-state index contributed by atoms with van der Waals surface area (Å²) in [6, 6.07) is 7.93. The zero-order chi connectivity index (χ0) is 12.4. The summed E-state index contributed by atoms with van der Waals surface area (Å²) in [6.45, 7) is 3.80. The molecular weight excluding hydrogens is 236 g/mol. The van der Waals surface area contributed by atoms with E-state index in [1.165, 1.54) is 5.56 Å². The molecule has 0 fully saturated rings. The van der Waals surface area contributed by atoms with Crippen LogP contribution in [0.5, 0.6) is 0 Å². The minimum atomic E-state index is 0.270. The van der Waals surface area contributed by atoms with Crippen LogP contribution in [0.2, 0.25) is 5.15 Å². The van der Waals surface area contributed by atoms with Crippen molar-refractivity contribution >= 4 is 28.8 Å². The number of nitrogens with one attached hydrogen (secondary N) is 1. The Morgan fingerprint density at radius 3 is 2.41 bits per heavy atom. The zero-order valence-corrected chi connectivity index (χ0v) is 10.4. The lowest BCUT2D eigenvalue weighted by atomic mass is 10.2. The van der Waals surface area contributed by atoms with Gasteiger partial charge in [0, 0.05) is 5.69 Å². The molecule has 0 saturated heterocycles. The lowest BCUT2D eigenvalue weighted by Crippen LogP contribution is -2.03. The zero-order valence-electron chi connectivity index (χ0n) is 9.66. The van der Waals surface area contributed by atoms with E-state index in [1.807, 2.05) is 31.2 Å². The van der Waals surface area contributed by atoms with E-state index in [2.05, 4.69) is 15.3 Å². The predicted octanol–water partition coefficient (Wildman–Crippen LogP) is 3.07. The first-order chi connectivity index (χ1) is 8.06. The van der Waals surface area contributed by atoms with Crippen LogP contribution in [0.1, 0.15) is 11.4 Å². The van der Waals surface area contributed by atoms with Gasteiger partial charge in [-0.15, -0.1) is 0 Å². The van der Waals surface area contributed by atoms with E-state index >= 15 is 0 Å². The van der Waals surface area contributed by atoms with E-state index in [9.17, 15) is 0 Å². The van der Waals surface area contributed by atoms with Gasteiger partial charge in [-0.25, -0.2) is 9.97 Å². The van der Waals surface area contributed by atoms with E-state index in [4.69, 9.17) is 17.3 Å². The number of hydrogen-bond donors (Lipinski definition) is 2. The lowest BCUT2D eigenvalue weighted by Gasteiger charge is -2.10. The van der Waals surface area contributed by atoms with Crippen molar-refractivity contribution in [3.05, 3.63) is 40.8 Å². The van der Waals surface area contributed by atoms with E-state index < -0.39 is 0 Å². The number of aryl methyl sites for hydroxylation is 2. The van der Waals surface area contributed by atoms with E-state index in [0.717, 1.165) is 5.69 Å². The molecule has 0 saturated carbocycles. The van der Waals surface area contributed by atoms with Crippen molar-refractivity contribution in [3.63, 3.8) is 0 Å². The Kier molecular flexibility index (Phi) is 3.15. The number of hydrogen-bond acceptors (Lipinski definition) is 4. The highest BCUT2D eigenvalue weighted by Gasteiger charge is 2.08. The van der Waals surface area contributed by atoms with Crippen LogP contribution in [0.15, 0.2) is 24.3 Å². The molecule has 2 rings (SSSR count). The van der Waals surface area contributed by atoms with Crippen LogP contribution in [0.3, 0.4) is 0 Å². The van der Waals surface area contributed by atoms with Gasteiger partial charge in [0.05, 0.1) is 0 Å². The summed E-state index contributed by atoms with van der Waals surface area (Å²) in [5.41, 5.74) is 8.28. The molecule has 2 aromatic rings. The molecule has 0 amide bonds. The molecule has 1 aromatic heterocycles. The first kappa shape index (κ1) is 11.7. The fourth-order valence-electron chi connectivity index (χ4n) is 1.42. The van der Waals surface area contributed by atoms with E-state index in [0.29, 0.717) is 17.3 Å². The predicted molar refractivity (Wildman–Crippen MR) is 70.7 cm³/mol. The number of rotatable bonds is 2. The molecule has 4 nitrogen and oxygen atoms in total. The highest BCUT2D eigenvalue weighted by molar-refractivity contribution is 6.32. The molecule has 1 aromatic carbocycles. The summed E-state index contributed by atoms with van der Waals surface area (Å²) in [4.78, 5) is 8.20. The van der Waals surface area contributed by atoms with Gasteiger partial charge >= 0.3 is 0 Å². The van der Waals surface area contributed by atoms with Crippen LogP contribution in [0, 0.1) is 13.8 Å². The smallest absolute Gasteiger partial charge is 0.158 e. The van der Waals surface area contributed by atoms with Crippen LogP contribution in [-0.4, -0.2) is 9.97 Å². The third kappa shape index (κ3) is 2.65. The molecule has 0 aliphatic carbocycles. The maximum absolute atomic E-state index is 5.89. The highest BCUT2D eigenvalue weighted by atomic mass is 35.5. The standard InChI is InChI=1S/C12H13ClN4/c1-7-3-5-9(6-4-7)17-12-10(14)11(13)15-8(2)16-12/h3-6H,14H2,1-2H3,(H,15,16,17). The fraction of sp³-hybridized carbons (Fsp3) is 0.167. The summed E-state index contributed by atoms with van der Waals surface area (Å²) in [6.07, 6.45) is 0. The van der Waals surface area contributed by atoms with Gasteiger partial charge in [-0.2, -0.15) is 0 Å². The quantitative estimate of drug-likeness (QED) is 0.802. The van der Waals surface area contributed by atoms with Gasteiger partial charge < -0.3 is 11.1 Å². The van der Waals surface area contributed by atoms with Crippen molar-refractivity contribution in [2.24, 2.45) is 0 Å². The summed E-state index contributed by atoms with van der Waals surface area (Å²) in [5, 5.41) is 3.39. The van der Waals surface area contributed by atoms with Gasteiger partial charge in [0.25, 0.3) is 0 Å². The number of nitrogens with two attached hydrogens (primary N) is 1. The number of halogens is 1. The Balaban J connectivity index is 2.32. The minimum absolute atomic E-state index is 0.270. The Labute approximate surface area is 105 Å². The Morgan fingerprint density at radius 2 is 1.76 bits per heavy atom. The molecule has 0 bridgehead atoms. The first-order valence-corrected chi connectivity index (χ1v) is 5.57. The third-order valence-corrected chi connectivity index (χ3v) is 2.61. The van der Waals surface area contributed by atoms with Gasteiger partial charge in [0.15, 0.2) is 11.0 Å². The normalized spacial score (nSPS) is 10.3. The summed E-state index contributed by atoms with van der Waals surface area (Å²) in [7, 11) is 0. The van der Waals surface area contributed by atoms with Gasteiger partial charge in [-0.3, -0.25) is 0 Å². The molecule has 5 heteroatoms. The van der Waals surface area contributed by atoms with Crippen molar-refractivity contribution in [1.29, 1.82) is 0 Å². The van der Waals surface area contributed by atoms with Crippen LogP contribution in [0.4, 0.5) is 17.2 Å². The average Bonchev–Trinajstić information content (AvgIpc) is 2.28. The Bertz CT molecular complexity index is 537. The van der Waals surface area contributed by atoms with Gasteiger partial charge in [0.2, 0.25) is 0 Å². The number of nitrogen functional groups attached to an aromatic ring is 1. The number of anilines is 3. The van der Waals surface area contributed by atoms with Gasteiger partial charge in [-0.05, 0) is 26.0 Å². The molecule has 0 radical (unpaired) electrons. The van der Waals surface area contributed by atoms with Crippen LogP contribution >= 0.6 is 11.6 Å². The van der Waals surface area contributed by atoms with Crippen molar-refractivity contribution in [2.75, 3.05) is 11.1 Å². The molecule has 17 heavy (non-hydrogen) atoms.